The molecular formula is C62H81NO9. The third-order valence-corrected chi connectivity index (χ3v) is 24.0. The number of fused-ring (bicyclic) bond motifs is 6. The molecule has 0 aromatic heterocycles. The van der Waals surface area contributed by atoms with Gasteiger partial charge in [-0.05, 0) is 179 Å². The van der Waals surface area contributed by atoms with Gasteiger partial charge in [-0.15, -0.1) is 0 Å². The number of hydrogen-bond acceptors (Lipinski definition) is 10. The van der Waals surface area contributed by atoms with Crippen molar-refractivity contribution in [2.24, 2.45) is 74.9 Å². The first-order chi connectivity index (χ1) is 34.7. The van der Waals surface area contributed by atoms with Crippen LogP contribution in [0.1, 0.15) is 151 Å². The number of rotatable bonds is 9. The lowest BCUT2D eigenvalue weighted by Crippen LogP contribution is -2.82. The second-order valence-electron chi connectivity index (χ2n) is 25.9. The molecule has 8 saturated carbocycles. The third kappa shape index (κ3) is 6.59. The van der Waals surface area contributed by atoms with Crippen LogP contribution in [0.2, 0.25) is 0 Å². The molecule has 8 fully saturated rings. The largest absolute Gasteiger partial charge is 0.454 e. The maximum atomic E-state index is 15.1. The van der Waals surface area contributed by atoms with Gasteiger partial charge in [0.05, 0.1) is 35.9 Å². The van der Waals surface area contributed by atoms with Gasteiger partial charge in [0.1, 0.15) is 18.0 Å². The third-order valence-electron chi connectivity index (χ3n) is 24.0. The minimum Gasteiger partial charge on any atom is -0.454 e. The minimum atomic E-state index is -1.88. The summed E-state index contributed by atoms with van der Waals surface area (Å²) in [7, 11) is 1.91. The number of carbonyl (C=O) groups excluding carboxylic acids is 2. The number of aliphatic hydroxyl groups is 6. The SMILES string of the molecule is CNC1Cc2c(cccc2CO)C#CCCC23CCC4C(O)(CC5CC(C(C)C6CCCC6)CCC6C(O)C7(CCC(CCc8ccccc8)C7)CC4(C=O)C56O)C2(O)CC2CC1C1OC(=O)C=C1C23CO. The Labute approximate surface area is 427 Å². The first-order valence-corrected chi connectivity index (χ1v) is 28.5. The van der Waals surface area contributed by atoms with E-state index < -0.39 is 74.4 Å². The van der Waals surface area contributed by atoms with Crippen molar-refractivity contribution >= 4 is 12.3 Å². The molecule has 11 aliphatic rings. The quantitative estimate of drug-likeness (QED) is 0.0755. The summed E-state index contributed by atoms with van der Waals surface area (Å²) in [6, 6.07) is 16.2. The standard InChI is InChI=1S/C62H81NO9/c1-38(41-13-6-7-14-41)43-20-21-49-55(68)56(25-22-40(31-56)19-18-39-11-4-3-5-12-39)35-57(36-65)52-23-26-58-24-9-8-15-42-16-10-17-44(34-64)47(42)29-51(63-2)48-28-45(59(58,37-66)50-30-53(67)72-54(48)50)33-61(58,70)60(52,69)32-46(27-43)62(49,57)71/h3-5,10-12,16-17,30,36,38,40-41,43,45-46,48-49,51-52,54-55,63-64,66,68-71H,6-7,9,13-14,18-29,31-35,37H2,1-2H3. The van der Waals surface area contributed by atoms with Crippen LogP contribution in [0.15, 0.2) is 60.2 Å². The molecule has 0 radical (unpaired) electrons. The van der Waals surface area contributed by atoms with Crippen LogP contribution < -0.4 is 5.32 Å². The van der Waals surface area contributed by atoms with Crippen LogP contribution in [-0.4, -0.2) is 91.6 Å². The van der Waals surface area contributed by atoms with Crippen molar-refractivity contribution in [2.45, 2.75) is 183 Å². The maximum Gasteiger partial charge on any atom is 0.331 e. The molecule has 10 aliphatic carbocycles. The van der Waals surface area contributed by atoms with Crippen LogP contribution in [0.5, 0.6) is 0 Å². The van der Waals surface area contributed by atoms with E-state index in [2.05, 4.69) is 48.3 Å². The Hall–Kier alpha value is -3.40. The van der Waals surface area contributed by atoms with Crippen molar-refractivity contribution in [2.75, 3.05) is 13.7 Å². The number of aldehydes is 1. The molecule has 13 rings (SSSR count). The number of hydrogen-bond donors (Lipinski definition) is 7. The fraction of sp³-hybridized carbons (Fsp3) is 0.710. The summed E-state index contributed by atoms with van der Waals surface area (Å²) in [4.78, 5) is 29.0. The van der Waals surface area contributed by atoms with Gasteiger partial charge in [0.15, 0.2) is 0 Å². The number of aryl methyl sites for hydroxylation is 1. The van der Waals surface area contributed by atoms with Gasteiger partial charge in [-0.1, -0.05) is 86.9 Å². The number of likely N-dealkylation sites (N-methyl/N-ethyl adjacent to an activating group) is 1. The molecule has 10 nitrogen and oxygen atoms in total. The molecule has 72 heavy (non-hydrogen) atoms. The maximum absolute atomic E-state index is 15.1. The van der Waals surface area contributed by atoms with Gasteiger partial charge < -0.3 is 45.5 Å². The normalized spacial score (nSPS) is 46.4. The first kappa shape index (κ1) is 49.5. The molecule has 2 spiro atoms. The highest BCUT2D eigenvalue weighted by Crippen LogP contribution is 2.82. The van der Waals surface area contributed by atoms with Gasteiger partial charge in [-0.25, -0.2) is 4.79 Å². The lowest BCUT2D eigenvalue weighted by Gasteiger charge is -2.74. The number of aliphatic hydroxyl groups excluding tert-OH is 3. The van der Waals surface area contributed by atoms with Crippen molar-refractivity contribution in [3.05, 3.63) is 82.4 Å². The zero-order valence-corrected chi connectivity index (χ0v) is 42.9. The highest BCUT2D eigenvalue weighted by atomic mass is 16.5. The molecule has 1 aliphatic heterocycles. The second kappa shape index (κ2) is 17.9. The van der Waals surface area contributed by atoms with Gasteiger partial charge in [-0.3, -0.25) is 0 Å². The van der Waals surface area contributed by atoms with Crippen LogP contribution in [0.4, 0.5) is 0 Å². The molecule has 7 N–H and O–H groups in total. The van der Waals surface area contributed by atoms with Crippen molar-refractivity contribution in [1.29, 1.82) is 0 Å². The van der Waals surface area contributed by atoms with Gasteiger partial charge in [0.25, 0.3) is 0 Å². The number of benzene rings is 2. The molecule has 18 atom stereocenters. The van der Waals surface area contributed by atoms with E-state index in [4.69, 9.17) is 4.74 Å². The first-order valence-electron chi connectivity index (χ1n) is 28.5. The smallest absolute Gasteiger partial charge is 0.331 e. The summed E-state index contributed by atoms with van der Waals surface area (Å²) < 4.78 is 6.37. The Morgan fingerprint density at radius 1 is 0.889 bits per heavy atom. The second-order valence-corrected chi connectivity index (χ2v) is 25.9. The summed E-state index contributed by atoms with van der Waals surface area (Å²) in [6.45, 7) is 1.89. The van der Waals surface area contributed by atoms with Crippen LogP contribution in [0.25, 0.3) is 0 Å². The van der Waals surface area contributed by atoms with Crippen molar-refractivity contribution in [3.8, 4) is 11.8 Å². The summed E-state index contributed by atoms with van der Waals surface area (Å²) in [5.74, 6) is 5.37. The Balaban J connectivity index is 1.02. The van der Waals surface area contributed by atoms with E-state index in [1.165, 1.54) is 31.2 Å². The topological polar surface area (TPSA) is 177 Å². The lowest BCUT2D eigenvalue weighted by atomic mass is 9.33. The highest BCUT2D eigenvalue weighted by molar-refractivity contribution is 5.87. The fourth-order valence-corrected chi connectivity index (χ4v) is 20.9. The summed E-state index contributed by atoms with van der Waals surface area (Å²) in [5, 5.41) is 83.6. The van der Waals surface area contributed by atoms with E-state index >= 15 is 4.79 Å². The Kier molecular flexibility index (Phi) is 12.3. The van der Waals surface area contributed by atoms with E-state index in [9.17, 15) is 35.4 Å². The average molecular weight is 984 g/mol. The zero-order valence-electron chi connectivity index (χ0n) is 42.9. The molecule has 2 aromatic rings. The molecule has 1 heterocycles. The summed E-state index contributed by atoms with van der Waals surface area (Å²) in [5.41, 5.74) is -5.24. The van der Waals surface area contributed by atoms with E-state index in [0.717, 1.165) is 61.5 Å². The molecular weight excluding hydrogens is 903 g/mol. The monoisotopic (exact) mass is 984 g/mol. The van der Waals surface area contributed by atoms with Crippen LogP contribution >= 0.6 is 0 Å². The summed E-state index contributed by atoms with van der Waals surface area (Å²) >= 11 is 0. The van der Waals surface area contributed by atoms with Crippen molar-refractivity contribution in [3.63, 3.8) is 0 Å². The predicted octanol–water partition coefficient (Wildman–Crippen LogP) is 7.55. The van der Waals surface area contributed by atoms with Gasteiger partial charge in [0.2, 0.25) is 0 Å². The van der Waals surface area contributed by atoms with E-state index in [0.29, 0.717) is 74.7 Å². The fourth-order valence-electron chi connectivity index (χ4n) is 20.9. The Morgan fingerprint density at radius 2 is 1.69 bits per heavy atom. The zero-order chi connectivity index (χ0) is 50.1. The van der Waals surface area contributed by atoms with Crippen molar-refractivity contribution < 1.29 is 45.0 Å². The van der Waals surface area contributed by atoms with E-state index in [1.54, 1.807) is 6.08 Å². The summed E-state index contributed by atoms with van der Waals surface area (Å²) in [6.07, 6.45) is 15.2. The van der Waals surface area contributed by atoms with Gasteiger partial charge in [0, 0.05) is 52.7 Å². The van der Waals surface area contributed by atoms with Crippen LogP contribution in [0, 0.1) is 86.8 Å². The van der Waals surface area contributed by atoms with E-state index in [1.807, 2.05) is 31.3 Å². The van der Waals surface area contributed by atoms with Crippen molar-refractivity contribution in [1.82, 2.24) is 5.32 Å². The number of ether oxygens (including phenoxy) is 1. The van der Waals surface area contributed by atoms with E-state index in [-0.39, 0.29) is 56.3 Å². The number of carbonyl (C=O) groups is 2. The Bertz CT molecular complexity index is 2530. The lowest BCUT2D eigenvalue weighted by molar-refractivity contribution is -0.358. The Morgan fingerprint density at radius 3 is 2.44 bits per heavy atom. The molecule has 0 saturated heterocycles. The predicted molar refractivity (Wildman–Crippen MR) is 272 cm³/mol. The molecule has 18 unspecified atom stereocenters. The van der Waals surface area contributed by atoms with Gasteiger partial charge >= 0.3 is 5.97 Å². The van der Waals surface area contributed by atoms with Gasteiger partial charge in [-0.2, -0.15) is 0 Å². The number of nitrogens with one attached hydrogen (secondary N) is 1. The minimum absolute atomic E-state index is 0.0868. The van der Waals surface area contributed by atoms with Crippen LogP contribution in [0.3, 0.4) is 0 Å². The molecule has 2 aromatic carbocycles. The van der Waals surface area contributed by atoms with Crippen LogP contribution in [-0.2, 0) is 33.8 Å². The molecule has 4 bridgehead atoms. The molecule has 10 heteroatoms. The number of esters is 1. The average Bonchev–Trinajstić information content (AvgIpc) is 4.18. The molecule has 388 valence electrons. The highest BCUT2D eigenvalue weighted by Gasteiger charge is 2.87. The molecule has 0 amide bonds.